The third kappa shape index (κ3) is 5.27. The topological polar surface area (TPSA) is 18.5 Å². The van der Waals surface area contributed by atoms with Crippen LogP contribution in [0.2, 0.25) is 10.0 Å². The lowest BCUT2D eigenvalue weighted by Crippen LogP contribution is -1.88. The van der Waals surface area contributed by atoms with E-state index < -0.39 is 0 Å². The van der Waals surface area contributed by atoms with Crippen molar-refractivity contribution in [2.24, 2.45) is 0 Å². The standard InChI is InChI=1S/C24H16Cl2O2S2/c25-19-13-7-15-21(23(19)27-17-9-3-1-4-10-17)29-30-22-16-8-14-20(26)24(22)28-18-11-5-2-6-12-18/h1-16H. The van der Waals surface area contributed by atoms with Crippen LogP contribution in [-0.2, 0) is 0 Å². The van der Waals surface area contributed by atoms with E-state index in [9.17, 15) is 0 Å². The Balaban J connectivity index is 1.57. The van der Waals surface area contributed by atoms with Gasteiger partial charge in [-0.25, -0.2) is 0 Å². The zero-order valence-corrected chi connectivity index (χ0v) is 18.8. The first-order valence-corrected chi connectivity index (χ1v) is 12.0. The summed E-state index contributed by atoms with van der Waals surface area (Å²) in [5.74, 6) is 2.70. The molecule has 0 atom stereocenters. The van der Waals surface area contributed by atoms with Gasteiger partial charge in [-0.2, -0.15) is 0 Å². The predicted molar refractivity (Wildman–Crippen MR) is 128 cm³/mol. The number of para-hydroxylation sites is 4. The average Bonchev–Trinajstić information content (AvgIpc) is 2.77. The van der Waals surface area contributed by atoms with Gasteiger partial charge in [0.25, 0.3) is 0 Å². The van der Waals surface area contributed by atoms with Crippen molar-refractivity contribution in [2.45, 2.75) is 9.79 Å². The van der Waals surface area contributed by atoms with Gasteiger partial charge in [0, 0.05) is 0 Å². The molecule has 0 heterocycles. The molecule has 0 aliphatic carbocycles. The zero-order chi connectivity index (χ0) is 20.8. The number of hydrogen-bond acceptors (Lipinski definition) is 4. The van der Waals surface area contributed by atoms with Gasteiger partial charge in [0.1, 0.15) is 11.5 Å². The molecule has 0 saturated carbocycles. The van der Waals surface area contributed by atoms with Crippen LogP contribution in [0.4, 0.5) is 0 Å². The maximum absolute atomic E-state index is 6.43. The molecular formula is C24H16Cl2O2S2. The van der Waals surface area contributed by atoms with Crippen LogP contribution < -0.4 is 9.47 Å². The SMILES string of the molecule is Clc1cccc(SSc2cccc(Cl)c2Oc2ccccc2)c1Oc1ccccc1. The first kappa shape index (κ1) is 21.0. The molecule has 150 valence electrons. The van der Waals surface area contributed by atoms with E-state index in [4.69, 9.17) is 32.7 Å². The van der Waals surface area contributed by atoms with Crippen molar-refractivity contribution in [3.05, 3.63) is 107 Å². The Morgan fingerprint density at radius 1 is 0.467 bits per heavy atom. The van der Waals surface area contributed by atoms with Crippen LogP contribution in [0.3, 0.4) is 0 Å². The first-order chi connectivity index (χ1) is 14.7. The lowest BCUT2D eigenvalue weighted by Gasteiger charge is -2.14. The molecule has 0 bridgehead atoms. The molecule has 0 N–H and O–H groups in total. The molecule has 0 radical (unpaired) electrons. The highest BCUT2D eigenvalue weighted by molar-refractivity contribution is 8.76. The highest BCUT2D eigenvalue weighted by Gasteiger charge is 2.15. The second kappa shape index (κ2) is 10.2. The van der Waals surface area contributed by atoms with Crippen LogP contribution in [0.25, 0.3) is 0 Å². The van der Waals surface area contributed by atoms with Crippen LogP contribution >= 0.6 is 44.8 Å². The van der Waals surface area contributed by atoms with E-state index in [1.54, 1.807) is 0 Å². The quantitative estimate of drug-likeness (QED) is 0.250. The maximum Gasteiger partial charge on any atom is 0.160 e. The summed E-state index contributed by atoms with van der Waals surface area (Å²) in [5.41, 5.74) is 0. The van der Waals surface area contributed by atoms with E-state index in [1.807, 2.05) is 97.1 Å². The minimum Gasteiger partial charge on any atom is -0.455 e. The number of benzene rings is 4. The van der Waals surface area contributed by atoms with Crippen molar-refractivity contribution < 1.29 is 9.47 Å². The minimum absolute atomic E-state index is 0.552. The number of halogens is 2. The van der Waals surface area contributed by atoms with Crippen molar-refractivity contribution in [3.63, 3.8) is 0 Å². The summed E-state index contributed by atoms with van der Waals surface area (Å²) in [6, 6.07) is 30.6. The summed E-state index contributed by atoms with van der Waals surface area (Å²) in [4.78, 5) is 1.81. The van der Waals surface area contributed by atoms with Crippen molar-refractivity contribution in [1.82, 2.24) is 0 Å². The van der Waals surface area contributed by atoms with Crippen molar-refractivity contribution in [1.29, 1.82) is 0 Å². The molecule has 4 aromatic rings. The molecule has 2 nitrogen and oxygen atoms in total. The summed E-state index contributed by atoms with van der Waals surface area (Å²) >= 11 is 12.9. The van der Waals surface area contributed by atoms with E-state index in [0.717, 1.165) is 21.3 Å². The lowest BCUT2D eigenvalue weighted by molar-refractivity contribution is 0.471. The molecule has 30 heavy (non-hydrogen) atoms. The molecule has 0 saturated heterocycles. The van der Waals surface area contributed by atoms with Gasteiger partial charge in [-0.3, -0.25) is 0 Å². The highest BCUT2D eigenvalue weighted by Crippen LogP contribution is 2.49. The van der Waals surface area contributed by atoms with Crippen molar-refractivity contribution in [3.8, 4) is 23.0 Å². The fourth-order valence-electron chi connectivity index (χ4n) is 2.61. The molecule has 0 unspecified atom stereocenters. The van der Waals surface area contributed by atoms with Crippen LogP contribution in [0.5, 0.6) is 23.0 Å². The lowest BCUT2D eigenvalue weighted by atomic mass is 10.3. The summed E-state index contributed by atoms with van der Waals surface area (Å²) in [6.45, 7) is 0. The Morgan fingerprint density at radius 2 is 0.867 bits per heavy atom. The highest BCUT2D eigenvalue weighted by atomic mass is 35.5. The Kier molecular flexibility index (Phi) is 7.13. The van der Waals surface area contributed by atoms with Crippen molar-refractivity contribution in [2.75, 3.05) is 0 Å². The van der Waals surface area contributed by atoms with Gasteiger partial charge < -0.3 is 9.47 Å². The van der Waals surface area contributed by atoms with Gasteiger partial charge in [0.15, 0.2) is 11.5 Å². The smallest absolute Gasteiger partial charge is 0.160 e. The van der Waals surface area contributed by atoms with Gasteiger partial charge in [-0.05, 0) is 70.1 Å². The molecule has 4 rings (SSSR count). The second-order valence-corrected chi connectivity index (χ2v) is 9.16. The fraction of sp³-hybridized carbons (Fsp3) is 0. The van der Waals surface area contributed by atoms with Gasteiger partial charge in [0.2, 0.25) is 0 Å². The molecule has 6 heteroatoms. The summed E-state index contributed by atoms with van der Waals surface area (Å²) < 4.78 is 12.1. The normalized spacial score (nSPS) is 10.6. The zero-order valence-electron chi connectivity index (χ0n) is 15.6. The first-order valence-electron chi connectivity index (χ1n) is 9.08. The van der Waals surface area contributed by atoms with Crippen LogP contribution in [-0.4, -0.2) is 0 Å². The molecule has 0 aromatic heterocycles. The Bertz CT molecular complexity index is 1030. The van der Waals surface area contributed by atoms with E-state index in [2.05, 4.69) is 0 Å². The Labute approximate surface area is 193 Å². The molecule has 0 aliphatic rings. The summed E-state index contributed by atoms with van der Waals surface area (Å²) in [5, 5.41) is 1.10. The van der Waals surface area contributed by atoms with Crippen LogP contribution in [0.1, 0.15) is 0 Å². The molecule has 0 fully saturated rings. The summed E-state index contributed by atoms with van der Waals surface area (Å²) in [6.07, 6.45) is 0. The molecule has 0 amide bonds. The molecule has 4 aromatic carbocycles. The molecule has 0 aliphatic heterocycles. The largest absolute Gasteiger partial charge is 0.455 e. The maximum atomic E-state index is 6.43. The van der Waals surface area contributed by atoms with Crippen LogP contribution in [0.15, 0.2) is 107 Å². The van der Waals surface area contributed by atoms with Gasteiger partial charge in [-0.15, -0.1) is 0 Å². The average molecular weight is 471 g/mol. The third-order valence-electron chi connectivity index (χ3n) is 4.01. The summed E-state index contributed by atoms with van der Waals surface area (Å²) in [7, 11) is 3.07. The number of hydrogen-bond donors (Lipinski definition) is 0. The van der Waals surface area contributed by atoms with Gasteiger partial charge in [-0.1, -0.05) is 71.7 Å². The Morgan fingerprint density at radius 3 is 1.27 bits per heavy atom. The number of ether oxygens (including phenoxy) is 2. The second-order valence-electron chi connectivity index (χ2n) is 6.13. The third-order valence-corrected chi connectivity index (χ3v) is 7.02. The Hall–Kier alpha value is -2.24. The molecule has 0 spiro atoms. The monoisotopic (exact) mass is 470 g/mol. The number of rotatable bonds is 7. The molecular weight excluding hydrogens is 455 g/mol. The van der Waals surface area contributed by atoms with E-state index in [1.165, 1.54) is 21.6 Å². The predicted octanol–water partition coefficient (Wildman–Crippen LogP) is 9.38. The van der Waals surface area contributed by atoms with E-state index >= 15 is 0 Å². The van der Waals surface area contributed by atoms with E-state index in [0.29, 0.717) is 21.5 Å². The van der Waals surface area contributed by atoms with Crippen molar-refractivity contribution >= 4 is 44.8 Å². The van der Waals surface area contributed by atoms with Gasteiger partial charge >= 0.3 is 0 Å². The van der Waals surface area contributed by atoms with E-state index in [-0.39, 0.29) is 0 Å². The fourth-order valence-corrected chi connectivity index (χ4v) is 5.38. The minimum atomic E-state index is 0.552. The van der Waals surface area contributed by atoms with Crippen LogP contribution in [0, 0.1) is 0 Å². The van der Waals surface area contributed by atoms with Gasteiger partial charge in [0.05, 0.1) is 19.8 Å².